The maximum atomic E-state index is 12.0. The summed E-state index contributed by atoms with van der Waals surface area (Å²) in [6.45, 7) is 3.81. The van der Waals surface area contributed by atoms with Crippen molar-refractivity contribution >= 4 is 11.9 Å². The van der Waals surface area contributed by atoms with Crippen molar-refractivity contribution in [2.75, 3.05) is 6.54 Å². The van der Waals surface area contributed by atoms with Crippen LogP contribution in [0.15, 0.2) is 42.5 Å². The molecule has 0 aromatic heterocycles. The number of esters is 1. The number of nitrogens with zero attached hydrogens (tertiary/aromatic N) is 1. The Morgan fingerprint density at radius 3 is 2.42 bits per heavy atom. The maximum absolute atomic E-state index is 12.0. The first-order valence-corrected chi connectivity index (χ1v) is 7.49. The van der Waals surface area contributed by atoms with E-state index in [9.17, 15) is 9.59 Å². The average Bonchev–Trinajstić information content (AvgIpc) is 2.60. The molecule has 0 radical (unpaired) electrons. The zero-order valence-electron chi connectivity index (χ0n) is 13.6. The molecule has 122 valence electrons. The van der Waals surface area contributed by atoms with E-state index in [1.807, 2.05) is 26.0 Å². The monoisotopic (exact) mass is 322 g/mol. The van der Waals surface area contributed by atoms with Crippen LogP contribution < -0.4 is 5.32 Å². The smallest absolute Gasteiger partial charge is 0.325 e. The number of hydrogen-bond acceptors (Lipinski definition) is 4. The number of carbonyl (C=O) groups is 2. The zero-order valence-corrected chi connectivity index (χ0v) is 13.6. The molecule has 1 N–H and O–H groups in total. The van der Waals surface area contributed by atoms with Crippen molar-refractivity contribution in [3.8, 4) is 6.07 Å². The second kappa shape index (κ2) is 7.93. The molecule has 0 saturated carbocycles. The van der Waals surface area contributed by atoms with E-state index in [1.165, 1.54) is 0 Å². The van der Waals surface area contributed by atoms with E-state index >= 15 is 0 Å². The molecule has 0 spiro atoms. The second-order valence-corrected chi connectivity index (χ2v) is 5.45. The van der Waals surface area contributed by atoms with Gasteiger partial charge in [-0.3, -0.25) is 9.59 Å². The van der Waals surface area contributed by atoms with Crippen LogP contribution in [0.2, 0.25) is 0 Å². The summed E-state index contributed by atoms with van der Waals surface area (Å²) in [6, 6.07) is 14.2. The van der Waals surface area contributed by atoms with Gasteiger partial charge in [-0.05, 0) is 54.8 Å². The topological polar surface area (TPSA) is 79.2 Å². The van der Waals surface area contributed by atoms with Crippen LogP contribution in [0, 0.1) is 25.2 Å². The van der Waals surface area contributed by atoms with Crippen LogP contribution in [0.1, 0.15) is 32.6 Å². The van der Waals surface area contributed by atoms with Crippen molar-refractivity contribution in [3.63, 3.8) is 0 Å². The quantitative estimate of drug-likeness (QED) is 0.858. The summed E-state index contributed by atoms with van der Waals surface area (Å²) < 4.78 is 5.09. The summed E-state index contributed by atoms with van der Waals surface area (Å²) in [5.41, 5.74) is 3.96. The van der Waals surface area contributed by atoms with Crippen LogP contribution >= 0.6 is 0 Å². The summed E-state index contributed by atoms with van der Waals surface area (Å²) in [7, 11) is 0. The highest BCUT2D eigenvalue weighted by Gasteiger charge is 2.10. The summed E-state index contributed by atoms with van der Waals surface area (Å²) in [6.07, 6.45) is 0. The van der Waals surface area contributed by atoms with Crippen molar-refractivity contribution in [3.05, 3.63) is 70.3 Å². The summed E-state index contributed by atoms with van der Waals surface area (Å²) >= 11 is 0. The zero-order chi connectivity index (χ0) is 17.5. The normalized spacial score (nSPS) is 9.88. The van der Waals surface area contributed by atoms with Gasteiger partial charge in [0.1, 0.15) is 13.2 Å². The number of nitrogens with one attached hydrogen (secondary N) is 1. The lowest BCUT2D eigenvalue weighted by molar-refractivity contribution is -0.143. The first-order chi connectivity index (χ1) is 11.5. The molecule has 0 aliphatic heterocycles. The minimum Gasteiger partial charge on any atom is -0.460 e. The molecule has 0 fully saturated rings. The number of hydrogen-bond donors (Lipinski definition) is 1. The summed E-state index contributed by atoms with van der Waals surface area (Å²) in [4.78, 5) is 23.7. The van der Waals surface area contributed by atoms with E-state index in [1.54, 1.807) is 36.4 Å². The van der Waals surface area contributed by atoms with Gasteiger partial charge in [-0.2, -0.15) is 5.26 Å². The third-order valence-corrected chi connectivity index (χ3v) is 3.65. The minimum atomic E-state index is -0.517. The molecule has 2 aromatic carbocycles. The predicted octanol–water partition coefficient (Wildman–Crippen LogP) is 2.65. The number of amides is 1. The van der Waals surface area contributed by atoms with Gasteiger partial charge in [0.15, 0.2) is 0 Å². The van der Waals surface area contributed by atoms with Gasteiger partial charge in [-0.1, -0.05) is 18.2 Å². The van der Waals surface area contributed by atoms with Crippen LogP contribution in [0.4, 0.5) is 0 Å². The Kier molecular flexibility index (Phi) is 5.69. The van der Waals surface area contributed by atoms with Crippen LogP contribution in [-0.4, -0.2) is 18.4 Å². The third-order valence-electron chi connectivity index (χ3n) is 3.65. The van der Waals surface area contributed by atoms with E-state index in [-0.39, 0.29) is 19.1 Å². The van der Waals surface area contributed by atoms with Gasteiger partial charge in [0.2, 0.25) is 0 Å². The van der Waals surface area contributed by atoms with Gasteiger partial charge in [0, 0.05) is 5.56 Å². The summed E-state index contributed by atoms with van der Waals surface area (Å²) in [5, 5.41) is 11.3. The Morgan fingerprint density at radius 1 is 1.08 bits per heavy atom. The first-order valence-electron chi connectivity index (χ1n) is 7.49. The van der Waals surface area contributed by atoms with Gasteiger partial charge in [-0.25, -0.2) is 0 Å². The molecule has 1 amide bonds. The molecular weight excluding hydrogens is 304 g/mol. The second-order valence-electron chi connectivity index (χ2n) is 5.45. The van der Waals surface area contributed by atoms with Crippen LogP contribution in [0.5, 0.6) is 0 Å². The van der Waals surface area contributed by atoms with Crippen molar-refractivity contribution in [1.29, 1.82) is 5.26 Å². The molecule has 2 aromatic rings. The standard InChI is InChI=1S/C19H18N2O3/c1-13-3-8-17(9-14(13)2)19(23)21-11-18(22)24-12-16-6-4-15(10-20)5-7-16/h3-9H,11-12H2,1-2H3,(H,21,23). The number of aryl methyl sites for hydroxylation is 2. The molecule has 0 saturated heterocycles. The third kappa shape index (κ3) is 4.68. The Hall–Kier alpha value is -3.13. The Labute approximate surface area is 140 Å². The Morgan fingerprint density at radius 2 is 1.79 bits per heavy atom. The fraction of sp³-hybridized carbons (Fsp3) is 0.211. The van der Waals surface area contributed by atoms with Crippen molar-refractivity contribution < 1.29 is 14.3 Å². The predicted molar refractivity (Wildman–Crippen MR) is 89.2 cm³/mol. The fourth-order valence-electron chi connectivity index (χ4n) is 2.03. The molecule has 0 heterocycles. The van der Waals surface area contributed by atoms with Crippen LogP contribution in [0.3, 0.4) is 0 Å². The number of nitriles is 1. The molecule has 24 heavy (non-hydrogen) atoms. The number of benzene rings is 2. The minimum absolute atomic E-state index is 0.101. The highest BCUT2D eigenvalue weighted by atomic mass is 16.5. The van der Waals surface area contributed by atoms with Gasteiger partial charge < -0.3 is 10.1 Å². The van der Waals surface area contributed by atoms with Crippen LogP contribution in [0.25, 0.3) is 0 Å². The van der Waals surface area contributed by atoms with E-state index < -0.39 is 5.97 Å². The number of rotatable bonds is 5. The van der Waals surface area contributed by atoms with E-state index in [2.05, 4.69) is 5.32 Å². The largest absolute Gasteiger partial charge is 0.460 e. The molecule has 0 bridgehead atoms. The first kappa shape index (κ1) is 17.2. The number of ether oxygens (including phenoxy) is 1. The summed E-state index contributed by atoms with van der Waals surface area (Å²) in [5.74, 6) is -0.829. The molecule has 2 rings (SSSR count). The molecular formula is C19H18N2O3. The van der Waals surface area contributed by atoms with Crippen LogP contribution in [-0.2, 0) is 16.1 Å². The van der Waals surface area contributed by atoms with Crippen molar-refractivity contribution in [1.82, 2.24) is 5.32 Å². The molecule has 0 unspecified atom stereocenters. The number of carbonyl (C=O) groups excluding carboxylic acids is 2. The lowest BCUT2D eigenvalue weighted by atomic mass is 10.1. The molecule has 5 nitrogen and oxygen atoms in total. The van der Waals surface area contributed by atoms with Crippen molar-refractivity contribution in [2.45, 2.75) is 20.5 Å². The fourth-order valence-corrected chi connectivity index (χ4v) is 2.03. The van der Waals surface area contributed by atoms with Gasteiger partial charge >= 0.3 is 5.97 Å². The highest BCUT2D eigenvalue weighted by molar-refractivity contribution is 5.96. The Bertz CT molecular complexity index is 789. The average molecular weight is 322 g/mol. The van der Waals surface area contributed by atoms with E-state index in [0.29, 0.717) is 11.1 Å². The molecule has 0 aliphatic rings. The lowest BCUT2D eigenvalue weighted by Gasteiger charge is -2.08. The maximum Gasteiger partial charge on any atom is 0.325 e. The molecule has 5 heteroatoms. The van der Waals surface area contributed by atoms with Gasteiger partial charge in [0.05, 0.1) is 11.6 Å². The van der Waals surface area contributed by atoms with Crippen molar-refractivity contribution in [2.24, 2.45) is 0 Å². The van der Waals surface area contributed by atoms with Gasteiger partial charge in [-0.15, -0.1) is 0 Å². The van der Waals surface area contributed by atoms with E-state index in [0.717, 1.165) is 16.7 Å². The highest BCUT2D eigenvalue weighted by Crippen LogP contribution is 2.09. The SMILES string of the molecule is Cc1ccc(C(=O)NCC(=O)OCc2ccc(C#N)cc2)cc1C. The Balaban J connectivity index is 1.80. The molecule has 0 atom stereocenters. The lowest BCUT2D eigenvalue weighted by Crippen LogP contribution is -2.30. The van der Waals surface area contributed by atoms with Gasteiger partial charge in [0.25, 0.3) is 5.91 Å². The molecule has 0 aliphatic carbocycles. The van der Waals surface area contributed by atoms with E-state index in [4.69, 9.17) is 10.00 Å².